The van der Waals surface area contributed by atoms with Crippen molar-refractivity contribution in [1.29, 1.82) is 0 Å². The maximum atomic E-state index is 9.58. The molecule has 0 spiro atoms. The van der Waals surface area contributed by atoms with Crippen molar-refractivity contribution in [3.63, 3.8) is 0 Å². The largest absolute Gasteiger partial charge is 0.393 e. The van der Waals surface area contributed by atoms with Crippen LogP contribution in [0.4, 0.5) is 0 Å². The molecule has 96 valence electrons. The monoisotopic (exact) mass is 228 g/mol. The van der Waals surface area contributed by atoms with Crippen LogP contribution in [0.2, 0.25) is 0 Å². The van der Waals surface area contributed by atoms with Gasteiger partial charge in [0.05, 0.1) is 12.2 Å². The molecule has 2 nitrogen and oxygen atoms in total. The van der Waals surface area contributed by atoms with E-state index in [9.17, 15) is 5.11 Å². The van der Waals surface area contributed by atoms with E-state index in [4.69, 9.17) is 4.74 Å². The highest BCUT2D eigenvalue weighted by atomic mass is 16.5. The second-order valence-corrected chi connectivity index (χ2v) is 5.24. The van der Waals surface area contributed by atoms with E-state index in [1.54, 1.807) is 0 Å². The van der Waals surface area contributed by atoms with Gasteiger partial charge in [-0.1, -0.05) is 39.0 Å². The van der Waals surface area contributed by atoms with Crippen LogP contribution in [-0.2, 0) is 4.74 Å². The van der Waals surface area contributed by atoms with E-state index in [-0.39, 0.29) is 6.10 Å². The quantitative estimate of drug-likeness (QED) is 0.676. The summed E-state index contributed by atoms with van der Waals surface area (Å²) in [6.07, 6.45) is 11.3. The zero-order chi connectivity index (χ0) is 11.8. The molecule has 3 unspecified atom stereocenters. The molecule has 0 aliphatic heterocycles. The van der Waals surface area contributed by atoms with Gasteiger partial charge < -0.3 is 9.84 Å². The van der Waals surface area contributed by atoms with E-state index in [0.29, 0.717) is 6.10 Å². The van der Waals surface area contributed by atoms with Gasteiger partial charge in [0, 0.05) is 7.11 Å². The van der Waals surface area contributed by atoms with Crippen LogP contribution in [0.3, 0.4) is 0 Å². The van der Waals surface area contributed by atoms with Crippen molar-refractivity contribution in [1.82, 2.24) is 0 Å². The van der Waals surface area contributed by atoms with E-state index in [1.165, 1.54) is 38.5 Å². The van der Waals surface area contributed by atoms with E-state index in [2.05, 4.69) is 6.92 Å². The Labute approximate surface area is 100 Å². The van der Waals surface area contributed by atoms with Crippen LogP contribution >= 0.6 is 0 Å². The van der Waals surface area contributed by atoms with Crippen molar-refractivity contribution in [2.24, 2.45) is 5.92 Å². The number of aliphatic hydroxyl groups is 1. The predicted molar refractivity (Wildman–Crippen MR) is 67.5 cm³/mol. The average molecular weight is 228 g/mol. The zero-order valence-corrected chi connectivity index (χ0v) is 11.0. The van der Waals surface area contributed by atoms with E-state index < -0.39 is 0 Å². The van der Waals surface area contributed by atoms with Crippen molar-refractivity contribution in [3.05, 3.63) is 0 Å². The van der Waals surface area contributed by atoms with Gasteiger partial charge in [-0.05, 0) is 31.6 Å². The molecule has 0 amide bonds. The third-order valence-corrected chi connectivity index (χ3v) is 3.93. The summed E-state index contributed by atoms with van der Waals surface area (Å²) in [5.74, 6) is 0.784. The van der Waals surface area contributed by atoms with Crippen molar-refractivity contribution < 1.29 is 9.84 Å². The molecule has 0 aromatic carbocycles. The van der Waals surface area contributed by atoms with Crippen LogP contribution in [0.1, 0.15) is 64.7 Å². The summed E-state index contributed by atoms with van der Waals surface area (Å²) in [4.78, 5) is 0. The molecule has 2 heteroatoms. The Morgan fingerprint density at radius 3 is 2.75 bits per heavy atom. The van der Waals surface area contributed by atoms with Crippen molar-refractivity contribution in [3.8, 4) is 0 Å². The van der Waals surface area contributed by atoms with Gasteiger partial charge in [0.2, 0.25) is 0 Å². The number of unbranched alkanes of at least 4 members (excludes halogenated alkanes) is 1. The minimum Gasteiger partial charge on any atom is -0.393 e. The van der Waals surface area contributed by atoms with Crippen LogP contribution in [0, 0.1) is 5.92 Å². The number of ether oxygens (including phenoxy) is 1. The lowest BCUT2D eigenvalue weighted by Crippen LogP contribution is -2.19. The van der Waals surface area contributed by atoms with Gasteiger partial charge in [-0.3, -0.25) is 0 Å². The fourth-order valence-electron chi connectivity index (χ4n) is 2.82. The fraction of sp³-hybridized carbons (Fsp3) is 1.00. The second-order valence-electron chi connectivity index (χ2n) is 5.24. The molecular weight excluding hydrogens is 200 g/mol. The van der Waals surface area contributed by atoms with E-state index in [0.717, 1.165) is 25.2 Å². The maximum Gasteiger partial charge on any atom is 0.0568 e. The standard InChI is InChI=1S/C14H28O2/c1-3-14(16-2)10-5-4-7-12-8-6-9-13(15)11-12/h12-15H,3-11H2,1-2H3. The molecule has 0 saturated heterocycles. The van der Waals surface area contributed by atoms with Crippen molar-refractivity contribution in [2.45, 2.75) is 76.9 Å². The maximum absolute atomic E-state index is 9.58. The van der Waals surface area contributed by atoms with Crippen LogP contribution in [0.15, 0.2) is 0 Å². The van der Waals surface area contributed by atoms with Crippen LogP contribution in [-0.4, -0.2) is 24.4 Å². The first-order chi connectivity index (χ1) is 7.76. The van der Waals surface area contributed by atoms with Gasteiger partial charge in [-0.15, -0.1) is 0 Å². The number of hydrogen-bond acceptors (Lipinski definition) is 2. The first-order valence-corrected chi connectivity index (χ1v) is 6.97. The molecule has 1 saturated carbocycles. The second kappa shape index (κ2) is 8.08. The lowest BCUT2D eigenvalue weighted by molar-refractivity contribution is 0.0850. The van der Waals surface area contributed by atoms with Crippen LogP contribution in [0.5, 0.6) is 0 Å². The topological polar surface area (TPSA) is 29.5 Å². The van der Waals surface area contributed by atoms with Crippen molar-refractivity contribution >= 4 is 0 Å². The Morgan fingerprint density at radius 1 is 1.31 bits per heavy atom. The molecule has 1 rings (SSSR count). The molecule has 1 aliphatic rings. The Balaban J connectivity index is 2.02. The first-order valence-electron chi connectivity index (χ1n) is 6.97. The number of aliphatic hydroxyl groups excluding tert-OH is 1. The highest BCUT2D eigenvalue weighted by Crippen LogP contribution is 2.28. The summed E-state index contributed by atoms with van der Waals surface area (Å²) in [5, 5.41) is 9.58. The number of methoxy groups -OCH3 is 1. The van der Waals surface area contributed by atoms with Gasteiger partial charge in [-0.2, -0.15) is 0 Å². The highest BCUT2D eigenvalue weighted by Gasteiger charge is 2.19. The molecule has 1 aliphatic carbocycles. The summed E-state index contributed by atoms with van der Waals surface area (Å²) < 4.78 is 5.37. The summed E-state index contributed by atoms with van der Waals surface area (Å²) in [6, 6.07) is 0. The number of hydrogen-bond donors (Lipinski definition) is 1. The van der Waals surface area contributed by atoms with Gasteiger partial charge >= 0.3 is 0 Å². The fourth-order valence-corrected chi connectivity index (χ4v) is 2.82. The minimum absolute atomic E-state index is 0.0129. The van der Waals surface area contributed by atoms with E-state index in [1.807, 2.05) is 7.11 Å². The zero-order valence-electron chi connectivity index (χ0n) is 11.0. The molecule has 3 atom stereocenters. The van der Waals surface area contributed by atoms with Crippen molar-refractivity contribution in [2.75, 3.05) is 7.11 Å². The van der Waals surface area contributed by atoms with Gasteiger partial charge in [0.1, 0.15) is 0 Å². The summed E-state index contributed by atoms with van der Waals surface area (Å²) in [7, 11) is 1.81. The third-order valence-electron chi connectivity index (χ3n) is 3.93. The Kier molecular flexibility index (Phi) is 7.06. The molecule has 0 heterocycles. The minimum atomic E-state index is -0.0129. The summed E-state index contributed by atoms with van der Waals surface area (Å²) >= 11 is 0. The lowest BCUT2D eigenvalue weighted by Gasteiger charge is -2.25. The molecule has 16 heavy (non-hydrogen) atoms. The smallest absolute Gasteiger partial charge is 0.0568 e. The van der Waals surface area contributed by atoms with Crippen LogP contribution < -0.4 is 0 Å². The highest BCUT2D eigenvalue weighted by molar-refractivity contribution is 4.72. The van der Waals surface area contributed by atoms with Gasteiger partial charge in [-0.25, -0.2) is 0 Å². The number of rotatable bonds is 7. The molecule has 0 bridgehead atoms. The Morgan fingerprint density at radius 2 is 2.12 bits per heavy atom. The molecular formula is C14H28O2. The summed E-state index contributed by atoms with van der Waals surface area (Å²) in [6.45, 7) is 2.19. The molecule has 0 radical (unpaired) electrons. The molecule has 0 aromatic rings. The molecule has 1 fully saturated rings. The molecule has 0 aromatic heterocycles. The summed E-state index contributed by atoms with van der Waals surface area (Å²) in [5.41, 5.74) is 0. The predicted octanol–water partition coefficient (Wildman–Crippen LogP) is 3.52. The normalized spacial score (nSPS) is 27.9. The average Bonchev–Trinajstić information content (AvgIpc) is 2.29. The Bertz CT molecular complexity index is 166. The lowest BCUT2D eigenvalue weighted by atomic mass is 9.84. The third kappa shape index (κ3) is 5.31. The Hall–Kier alpha value is -0.0800. The molecule has 1 N–H and O–H groups in total. The first kappa shape index (κ1) is 14.0. The van der Waals surface area contributed by atoms with E-state index >= 15 is 0 Å². The van der Waals surface area contributed by atoms with Gasteiger partial charge in [0.25, 0.3) is 0 Å². The van der Waals surface area contributed by atoms with Crippen LogP contribution in [0.25, 0.3) is 0 Å². The van der Waals surface area contributed by atoms with Gasteiger partial charge in [0.15, 0.2) is 0 Å². The SMILES string of the molecule is CCC(CCCCC1CCCC(O)C1)OC.